The van der Waals surface area contributed by atoms with Crippen molar-refractivity contribution >= 4 is 11.9 Å². The fraction of sp³-hybridized carbons (Fsp3) is 0.611. The molecule has 1 atom stereocenters. The van der Waals surface area contributed by atoms with E-state index in [1.807, 2.05) is 18.2 Å². The summed E-state index contributed by atoms with van der Waals surface area (Å²) < 4.78 is 5.01. The van der Waals surface area contributed by atoms with Crippen LogP contribution >= 0.6 is 0 Å². The van der Waals surface area contributed by atoms with Crippen LogP contribution in [0.5, 0.6) is 0 Å². The standard InChI is InChI=1S/C18H27N3O3/c1-3-24-18(23)13-16(15-6-4-5-9-19-15)20-17(22)12-14-7-10-21(2)11-8-14/h4-6,9,14,16H,3,7-8,10-13H2,1-2H3,(H,20,22). The van der Waals surface area contributed by atoms with Crippen molar-refractivity contribution in [3.63, 3.8) is 0 Å². The second-order valence-corrected chi connectivity index (χ2v) is 6.33. The molecule has 1 aromatic rings. The number of carbonyl (C=O) groups is 2. The summed E-state index contributed by atoms with van der Waals surface area (Å²) >= 11 is 0. The molecule has 0 saturated carbocycles. The van der Waals surface area contributed by atoms with Gasteiger partial charge in [0, 0.05) is 12.6 Å². The van der Waals surface area contributed by atoms with Gasteiger partial charge in [-0.2, -0.15) is 0 Å². The number of piperidine rings is 1. The Kier molecular flexibility index (Phi) is 7.18. The van der Waals surface area contributed by atoms with Crippen molar-refractivity contribution in [3.8, 4) is 0 Å². The van der Waals surface area contributed by atoms with E-state index in [0.717, 1.165) is 25.9 Å². The van der Waals surface area contributed by atoms with E-state index in [1.165, 1.54) is 0 Å². The minimum absolute atomic E-state index is 0.0236. The highest BCUT2D eigenvalue weighted by Crippen LogP contribution is 2.21. The topological polar surface area (TPSA) is 71.5 Å². The molecule has 1 fully saturated rings. The first kappa shape index (κ1) is 18.4. The molecule has 6 nitrogen and oxygen atoms in total. The molecule has 1 aliphatic heterocycles. The van der Waals surface area contributed by atoms with Gasteiger partial charge in [-0.1, -0.05) is 6.07 Å². The van der Waals surface area contributed by atoms with Gasteiger partial charge in [0.25, 0.3) is 0 Å². The molecule has 132 valence electrons. The third kappa shape index (κ3) is 5.92. The van der Waals surface area contributed by atoms with Crippen molar-refractivity contribution in [2.24, 2.45) is 5.92 Å². The van der Waals surface area contributed by atoms with E-state index < -0.39 is 6.04 Å². The number of rotatable bonds is 7. The van der Waals surface area contributed by atoms with E-state index in [0.29, 0.717) is 24.6 Å². The van der Waals surface area contributed by atoms with Gasteiger partial charge in [0.05, 0.1) is 24.8 Å². The molecule has 0 aliphatic carbocycles. The number of amides is 1. The van der Waals surface area contributed by atoms with Crippen LogP contribution in [-0.4, -0.2) is 48.5 Å². The molecule has 0 aromatic carbocycles. The second-order valence-electron chi connectivity index (χ2n) is 6.33. The molecule has 6 heteroatoms. The molecule has 0 bridgehead atoms. The van der Waals surface area contributed by atoms with Crippen LogP contribution in [0.15, 0.2) is 24.4 Å². The highest BCUT2D eigenvalue weighted by molar-refractivity contribution is 5.78. The second kappa shape index (κ2) is 9.37. The number of hydrogen-bond acceptors (Lipinski definition) is 5. The summed E-state index contributed by atoms with van der Waals surface area (Å²) in [5.74, 6) is 0.0606. The van der Waals surface area contributed by atoms with Crippen LogP contribution in [0.3, 0.4) is 0 Å². The summed E-state index contributed by atoms with van der Waals surface area (Å²) in [7, 11) is 2.10. The third-order valence-electron chi connectivity index (χ3n) is 4.37. The molecule has 1 N–H and O–H groups in total. The minimum Gasteiger partial charge on any atom is -0.466 e. The fourth-order valence-corrected chi connectivity index (χ4v) is 2.98. The van der Waals surface area contributed by atoms with Gasteiger partial charge in [-0.05, 0) is 58.0 Å². The van der Waals surface area contributed by atoms with Crippen molar-refractivity contribution < 1.29 is 14.3 Å². The van der Waals surface area contributed by atoms with Crippen LogP contribution < -0.4 is 5.32 Å². The number of likely N-dealkylation sites (tertiary alicyclic amines) is 1. The van der Waals surface area contributed by atoms with Crippen LogP contribution in [0.1, 0.15) is 44.3 Å². The lowest BCUT2D eigenvalue weighted by Crippen LogP contribution is -2.35. The Morgan fingerprint density at radius 2 is 2.12 bits per heavy atom. The Balaban J connectivity index is 1.94. The van der Waals surface area contributed by atoms with Gasteiger partial charge < -0.3 is 15.0 Å². The largest absolute Gasteiger partial charge is 0.466 e. The molecule has 1 amide bonds. The predicted octanol–water partition coefficient (Wildman–Crippen LogP) is 1.92. The highest BCUT2D eigenvalue weighted by Gasteiger charge is 2.23. The van der Waals surface area contributed by atoms with Gasteiger partial charge in [-0.15, -0.1) is 0 Å². The molecule has 2 heterocycles. The van der Waals surface area contributed by atoms with Crippen molar-refractivity contribution in [2.45, 2.75) is 38.6 Å². The van der Waals surface area contributed by atoms with Crippen LogP contribution in [-0.2, 0) is 14.3 Å². The lowest BCUT2D eigenvalue weighted by molar-refractivity contribution is -0.143. The molecule has 24 heavy (non-hydrogen) atoms. The van der Waals surface area contributed by atoms with E-state index >= 15 is 0 Å². The fourth-order valence-electron chi connectivity index (χ4n) is 2.98. The maximum absolute atomic E-state index is 12.4. The molecule has 1 aromatic heterocycles. The first-order valence-corrected chi connectivity index (χ1v) is 8.63. The summed E-state index contributed by atoms with van der Waals surface area (Å²) in [6.07, 6.45) is 4.34. The Bertz CT molecular complexity index is 528. The smallest absolute Gasteiger partial charge is 0.308 e. The monoisotopic (exact) mass is 333 g/mol. The van der Waals surface area contributed by atoms with Crippen molar-refractivity contribution in [1.29, 1.82) is 0 Å². The number of ether oxygens (including phenoxy) is 1. The molecule has 0 spiro atoms. The van der Waals surface area contributed by atoms with E-state index in [9.17, 15) is 9.59 Å². The van der Waals surface area contributed by atoms with Gasteiger partial charge in [0.2, 0.25) is 5.91 Å². The lowest BCUT2D eigenvalue weighted by Gasteiger charge is -2.29. The molecule has 0 radical (unpaired) electrons. The Morgan fingerprint density at radius 1 is 1.38 bits per heavy atom. The average molecular weight is 333 g/mol. The van der Waals surface area contributed by atoms with Gasteiger partial charge >= 0.3 is 5.97 Å². The molecule has 2 rings (SSSR count). The van der Waals surface area contributed by atoms with Crippen LogP contribution in [0.4, 0.5) is 0 Å². The minimum atomic E-state index is -0.441. The Hall–Kier alpha value is -1.95. The van der Waals surface area contributed by atoms with Crippen LogP contribution in [0.2, 0.25) is 0 Å². The quantitative estimate of drug-likeness (QED) is 0.772. The zero-order valence-corrected chi connectivity index (χ0v) is 14.5. The number of carbonyl (C=O) groups excluding carboxylic acids is 2. The Morgan fingerprint density at radius 3 is 2.75 bits per heavy atom. The predicted molar refractivity (Wildman–Crippen MR) is 91.2 cm³/mol. The summed E-state index contributed by atoms with van der Waals surface area (Å²) in [4.78, 5) is 30.8. The molecule has 1 saturated heterocycles. The van der Waals surface area contributed by atoms with Crippen molar-refractivity contribution in [1.82, 2.24) is 15.2 Å². The average Bonchev–Trinajstić information content (AvgIpc) is 2.57. The first-order chi connectivity index (χ1) is 11.6. The van der Waals surface area contributed by atoms with Gasteiger partial charge in [-0.25, -0.2) is 0 Å². The third-order valence-corrected chi connectivity index (χ3v) is 4.37. The van der Waals surface area contributed by atoms with Crippen molar-refractivity contribution in [2.75, 3.05) is 26.7 Å². The summed E-state index contributed by atoms with van der Waals surface area (Å²) in [6.45, 7) is 4.17. The van der Waals surface area contributed by atoms with E-state index in [1.54, 1.807) is 13.1 Å². The van der Waals surface area contributed by atoms with Crippen LogP contribution in [0.25, 0.3) is 0 Å². The molecule has 1 aliphatic rings. The zero-order valence-electron chi connectivity index (χ0n) is 14.5. The summed E-state index contributed by atoms with van der Waals surface area (Å²) in [6, 6.07) is 5.04. The van der Waals surface area contributed by atoms with Crippen LogP contribution in [0, 0.1) is 5.92 Å². The number of hydrogen-bond donors (Lipinski definition) is 1. The maximum Gasteiger partial charge on any atom is 0.308 e. The summed E-state index contributed by atoms with van der Waals surface area (Å²) in [5, 5.41) is 2.97. The van der Waals surface area contributed by atoms with E-state index in [2.05, 4.69) is 22.2 Å². The van der Waals surface area contributed by atoms with E-state index in [4.69, 9.17) is 4.74 Å². The lowest BCUT2D eigenvalue weighted by atomic mass is 9.93. The van der Waals surface area contributed by atoms with Gasteiger partial charge in [0.15, 0.2) is 0 Å². The Labute approximate surface area is 143 Å². The molecular weight excluding hydrogens is 306 g/mol. The summed E-state index contributed by atoms with van der Waals surface area (Å²) in [5.41, 5.74) is 0.683. The highest BCUT2D eigenvalue weighted by atomic mass is 16.5. The van der Waals surface area contributed by atoms with E-state index in [-0.39, 0.29) is 18.3 Å². The number of esters is 1. The SMILES string of the molecule is CCOC(=O)CC(NC(=O)CC1CCN(C)CC1)c1ccccn1. The maximum atomic E-state index is 12.4. The first-order valence-electron chi connectivity index (χ1n) is 8.63. The number of pyridine rings is 1. The molecule has 1 unspecified atom stereocenters. The number of nitrogens with zero attached hydrogens (tertiary/aromatic N) is 2. The van der Waals surface area contributed by atoms with Crippen molar-refractivity contribution in [3.05, 3.63) is 30.1 Å². The molecular formula is C18H27N3O3. The normalized spacial score (nSPS) is 17.2. The number of aromatic nitrogens is 1. The van der Waals surface area contributed by atoms with Gasteiger partial charge in [0.1, 0.15) is 0 Å². The van der Waals surface area contributed by atoms with Gasteiger partial charge in [-0.3, -0.25) is 14.6 Å². The number of nitrogens with one attached hydrogen (secondary N) is 1. The zero-order chi connectivity index (χ0) is 17.4.